The number of benzene rings is 2. The lowest BCUT2D eigenvalue weighted by Crippen LogP contribution is -2.60. The van der Waals surface area contributed by atoms with Gasteiger partial charge in [-0.05, 0) is 98.7 Å². The Hall–Kier alpha value is -2.72. The van der Waals surface area contributed by atoms with Crippen molar-refractivity contribution in [3.63, 3.8) is 0 Å². The maximum absolute atomic E-state index is 12.9. The quantitative estimate of drug-likeness (QED) is 0.404. The highest BCUT2D eigenvalue weighted by atomic mass is 32.2. The van der Waals surface area contributed by atoms with Crippen LogP contribution in [0.25, 0.3) is 11.1 Å². The predicted molar refractivity (Wildman–Crippen MR) is 138 cm³/mol. The van der Waals surface area contributed by atoms with E-state index in [1.54, 1.807) is 37.4 Å². The Morgan fingerprint density at radius 2 is 1.75 bits per heavy atom. The maximum atomic E-state index is 12.9. The molecule has 8 nitrogen and oxygen atoms in total. The summed E-state index contributed by atoms with van der Waals surface area (Å²) in [5.41, 5.74) is 1.31. The number of methoxy groups -OCH3 is 1. The number of anilines is 1. The van der Waals surface area contributed by atoms with Gasteiger partial charge in [0.1, 0.15) is 11.3 Å². The number of thioether (sulfide) groups is 1. The molecule has 4 aliphatic rings. The van der Waals surface area contributed by atoms with Crippen molar-refractivity contribution in [2.75, 3.05) is 17.6 Å². The van der Waals surface area contributed by atoms with Crippen LogP contribution in [0.3, 0.4) is 0 Å². The molecule has 0 unspecified atom stereocenters. The Morgan fingerprint density at radius 1 is 1.08 bits per heavy atom. The van der Waals surface area contributed by atoms with Gasteiger partial charge in [0, 0.05) is 11.2 Å². The molecule has 10 heteroatoms. The van der Waals surface area contributed by atoms with Crippen LogP contribution in [0, 0.1) is 17.8 Å². The Kier molecular flexibility index (Phi) is 5.91. The lowest BCUT2D eigenvalue weighted by atomic mass is 9.53. The highest BCUT2D eigenvalue weighted by Gasteiger charge is 2.51. The molecule has 1 amide bonds. The number of oxazole rings is 1. The molecule has 0 radical (unpaired) electrons. The molecule has 3 aromatic rings. The molecule has 1 aromatic heterocycles. The number of carbonyl (C=O) groups excluding carboxylic acids is 1. The van der Waals surface area contributed by atoms with Crippen molar-refractivity contribution >= 4 is 44.5 Å². The van der Waals surface area contributed by atoms with Crippen LogP contribution in [0.1, 0.15) is 38.5 Å². The van der Waals surface area contributed by atoms with Crippen LogP contribution in [0.4, 0.5) is 5.69 Å². The van der Waals surface area contributed by atoms with E-state index in [4.69, 9.17) is 9.15 Å². The van der Waals surface area contributed by atoms with Gasteiger partial charge >= 0.3 is 0 Å². The van der Waals surface area contributed by atoms with Crippen molar-refractivity contribution in [3.8, 4) is 5.75 Å². The number of hydrogen-bond donors (Lipinski definition) is 2. The van der Waals surface area contributed by atoms with E-state index in [0.29, 0.717) is 27.8 Å². The lowest BCUT2D eigenvalue weighted by molar-refractivity contribution is -0.124. The number of sulfonamides is 1. The van der Waals surface area contributed by atoms with Crippen LogP contribution >= 0.6 is 11.8 Å². The summed E-state index contributed by atoms with van der Waals surface area (Å²) in [7, 11) is -2.26. The summed E-state index contributed by atoms with van der Waals surface area (Å²) in [4.78, 5) is 17.3. The van der Waals surface area contributed by atoms with Crippen molar-refractivity contribution in [1.29, 1.82) is 0 Å². The summed E-state index contributed by atoms with van der Waals surface area (Å²) >= 11 is 1.24. The van der Waals surface area contributed by atoms with Gasteiger partial charge in [0.25, 0.3) is 15.2 Å². The summed E-state index contributed by atoms with van der Waals surface area (Å²) in [6.07, 6.45) is 7.33. The van der Waals surface area contributed by atoms with Crippen LogP contribution < -0.4 is 14.8 Å². The number of nitrogens with zero attached hydrogens (tertiary/aromatic N) is 1. The van der Waals surface area contributed by atoms with Crippen LogP contribution in [0.15, 0.2) is 57.0 Å². The molecular weight excluding hydrogens is 498 g/mol. The fraction of sp³-hybridized carbons (Fsp3) is 0.462. The number of ether oxygens (including phenoxy) is 1. The highest BCUT2D eigenvalue weighted by Crippen LogP contribution is 2.55. The van der Waals surface area contributed by atoms with Gasteiger partial charge < -0.3 is 14.5 Å². The maximum Gasteiger partial charge on any atom is 0.261 e. The zero-order chi connectivity index (χ0) is 24.9. The largest absolute Gasteiger partial charge is 0.497 e. The molecule has 4 fully saturated rings. The van der Waals surface area contributed by atoms with E-state index in [2.05, 4.69) is 15.0 Å². The third-order valence-corrected chi connectivity index (χ3v) is 9.97. The van der Waals surface area contributed by atoms with Gasteiger partial charge in [0.15, 0.2) is 5.58 Å². The van der Waals surface area contributed by atoms with Crippen LogP contribution in [-0.2, 0) is 14.8 Å². The molecular formula is C26H29N3O5S2. The molecule has 4 aliphatic carbocycles. The third kappa shape index (κ3) is 4.68. The molecule has 2 aromatic carbocycles. The molecule has 7 rings (SSSR count). The van der Waals surface area contributed by atoms with Gasteiger partial charge in [-0.1, -0.05) is 11.8 Å². The minimum Gasteiger partial charge on any atom is -0.497 e. The van der Waals surface area contributed by atoms with Gasteiger partial charge in [-0.15, -0.1) is 0 Å². The van der Waals surface area contributed by atoms with E-state index in [1.165, 1.54) is 43.2 Å². The summed E-state index contributed by atoms with van der Waals surface area (Å²) in [5, 5.41) is 3.71. The normalized spacial score (nSPS) is 26.8. The van der Waals surface area contributed by atoms with Gasteiger partial charge in [-0.3, -0.25) is 9.52 Å². The SMILES string of the molecule is COc1ccc(NS(=O)(=O)c2ccc3oc(SCC(=O)NC45CC6CC(CC(C6)C4)C5)nc3c2)cc1. The van der Waals surface area contributed by atoms with Crippen molar-refractivity contribution in [2.24, 2.45) is 17.8 Å². The molecule has 1 heterocycles. The zero-order valence-corrected chi connectivity index (χ0v) is 21.7. The van der Waals surface area contributed by atoms with Gasteiger partial charge in [-0.2, -0.15) is 0 Å². The highest BCUT2D eigenvalue weighted by molar-refractivity contribution is 7.99. The van der Waals surface area contributed by atoms with Crippen LogP contribution in [-0.4, -0.2) is 37.7 Å². The molecule has 4 saturated carbocycles. The number of amides is 1. The summed E-state index contributed by atoms with van der Waals surface area (Å²) in [5.74, 6) is 3.18. The van der Waals surface area contributed by atoms with Crippen molar-refractivity contribution in [3.05, 3.63) is 42.5 Å². The van der Waals surface area contributed by atoms with E-state index in [1.807, 2.05) is 0 Å². The van der Waals surface area contributed by atoms with E-state index < -0.39 is 10.0 Å². The summed E-state index contributed by atoms with van der Waals surface area (Å²) in [6.45, 7) is 0. The first-order valence-corrected chi connectivity index (χ1v) is 14.8. The number of nitrogens with one attached hydrogen (secondary N) is 2. The van der Waals surface area contributed by atoms with Gasteiger partial charge in [0.2, 0.25) is 5.91 Å². The molecule has 0 spiro atoms. The second kappa shape index (κ2) is 8.99. The monoisotopic (exact) mass is 527 g/mol. The van der Waals surface area contributed by atoms with Gasteiger partial charge in [0.05, 0.1) is 17.8 Å². The zero-order valence-electron chi connectivity index (χ0n) is 20.0. The molecule has 0 saturated heterocycles. The van der Waals surface area contributed by atoms with Crippen molar-refractivity contribution < 1.29 is 22.4 Å². The van der Waals surface area contributed by atoms with Crippen molar-refractivity contribution in [1.82, 2.24) is 10.3 Å². The molecule has 0 aliphatic heterocycles. The first-order chi connectivity index (χ1) is 17.3. The minimum absolute atomic E-state index is 0.0103. The van der Waals surface area contributed by atoms with Crippen molar-refractivity contribution in [2.45, 2.75) is 54.2 Å². The first kappa shape index (κ1) is 23.7. The predicted octanol–water partition coefficient (Wildman–Crippen LogP) is 4.81. The number of rotatable bonds is 8. The van der Waals surface area contributed by atoms with Gasteiger partial charge in [-0.25, -0.2) is 13.4 Å². The number of fused-ring (bicyclic) bond motifs is 1. The number of carbonyl (C=O) groups is 1. The Labute approximate surface area is 214 Å². The second-order valence-corrected chi connectivity index (χ2v) is 13.1. The Bertz CT molecular complexity index is 1370. The fourth-order valence-electron chi connectivity index (χ4n) is 6.71. The summed E-state index contributed by atoms with van der Waals surface area (Å²) in [6, 6.07) is 11.2. The molecule has 4 bridgehead atoms. The average Bonchev–Trinajstić information content (AvgIpc) is 3.24. The van der Waals surface area contributed by atoms with E-state index >= 15 is 0 Å². The van der Waals surface area contributed by atoms with E-state index in [-0.39, 0.29) is 22.1 Å². The molecule has 36 heavy (non-hydrogen) atoms. The topological polar surface area (TPSA) is 111 Å². The smallest absolute Gasteiger partial charge is 0.261 e. The lowest BCUT2D eigenvalue weighted by Gasteiger charge is -2.56. The third-order valence-electron chi connectivity index (χ3n) is 7.76. The van der Waals surface area contributed by atoms with Crippen LogP contribution in [0.2, 0.25) is 0 Å². The molecule has 2 N–H and O–H groups in total. The molecule has 0 atom stereocenters. The summed E-state index contributed by atoms with van der Waals surface area (Å²) < 4.78 is 39.2. The van der Waals surface area contributed by atoms with Crippen LogP contribution in [0.5, 0.6) is 5.75 Å². The number of hydrogen-bond acceptors (Lipinski definition) is 7. The Balaban J connectivity index is 1.10. The van der Waals surface area contributed by atoms with E-state index in [0.717, 1.165) is 37.0 Å². The number of aromatic nitrogens is 1. The molecule has 190 valence electrons. The fourth-order valence-corrected chi connectivity index (χ4v) is 8.43. The second-order valence-electron chi connectivity index (χ2n) is 10.5. The average molecular weight is 528 g/mol. The Morgan fingerprint density at radius 3 is 2.39 bits per heavy atom. The van der Waals surface area contributed by atoms with E-state index in [9.17, 15) is 13.2 Å². The standard InChI is InChI=1S/C26H29N3O5S2/c1-33-20-4-2-19(3-5-20)29-36(31,32)21-6-7-23-22(11-21)27-25(34-23)35-15-24(30)28-26-12-16-8-17(13-26)10-18(9-16)14-26/h2-7,11,16-18,29H,8-10,12-15H2,1H3,(H,28,30). The minimum atomic E-state index is -3.81. The first-order valence-electron chi connectivity index (χ1n) is 12.3.